The van der Waals surface area contributed by atoms with E-state index >= 15 is 0 Å². The highest BCUT2D eigenvalue weighted by molar-refractivity contribution is 7.99. The molecule has 0 bridgehead atoms. The maximum atomic E-state index is 4.50. The minimum absolute atomic E-state index is 0.209. The second kappa shape index (κ2) is 23.3. The zero-order chi connectivity index (χ0) is 29.6. The third-order valence-corrected chi connectivity index (χ3v) is 9.82. The van der Waals surface area contributed by atoms with Crippen molar-refractivity contribution in [2.45, 2.75) is 155 Å². The van der Waals surface area contributed by atoms with Crippen LogP contribution in [0.3, 0.4) is 0 Å². The van der Waals surface area contributed by atoms with Crippen molar-refractivity contribution in [3.05, 3.63) is 29.3 Å². The minimum Gasteiger partial charge on any atom is -0.333 e. The summed E-state index contributed by atoms with van der Waals surface area (Å²) in [6.45, 7) is 22.8. The molecule has 0 aliphatic carbocycles. The van der Waals surface area contributed by atoms with E-state index in [2.05, 4.69) is 103 Å². The lowest BCUT2D eigenvalue weighted by atomic mass is 9.80. The molecular formula is C35H67NS2. The summed E-state index contributed by atoms with van der Waals surface area (Å²) >= 11 is 3.99. The van der Waals surface area contributed by atoms with Gasteiger partial charge in [-0.15, -0.1) is 23.5 Å². The maximum absolute atomic E-state index is 4.50. The summed E-state index contributed by atoms with van der Waals surface area (Å²) < 4.78 is 0. The summed E-state index contributed by atoms with van der Waals surface area (Å²) in [6, 6.07) is 4.99. The van der Waals surface area contributed by atoms with Crippen LogP contribution in [0.2, 0.25) is 0 Å². The molecule has 0 amide bonds. The Hall–Kier alpha value is -0.380. The summed E-state index contributed by atoms with van der Waals surface area (Å²) in [5, 5.41) is 0. The molecule has 0 radical (unpaired) electrons. The Morgan fingerprint density at radius 2 is 1.29 bits per heavy atom. The standard InChI is InChI=1S/C32H56S2.C2H6.CH5N/c1-10-12-13-14-15-16-17-18-19-20-23-34-30-24-27(21-22-32(7,8)26(3)4)29(33-9)25-28(30)31(5,6)11-2;2*1-2/h21-22,24-26H,10-20,23H2,1-9H3;1-2H3;2H2,1H3/b22-21+;;. The second-order valence-corrected chi connectivity index (χ2v) is 13.7. The number of thioether (sulfide) groups is 2. The lowest BCUT2D eigenvalue weighted by Crippen LogP contribution is -2.17. The number of hydrogen-bond donors (Lipinski definition) is 1. The maximum Gasteiger partial charge on any atom is 0.0145 e. The van der Waals surface area contributed by atoms with Crippen molar-refractivity contribution in [1.29, 1.82) is 0 Å². The van der Waals surface area contributed by atoms with Gasteiger partial charge in [0.15, 0.2) is 0 Å². The van der Waals surface area contributed by atoms with Crippen LogP contribution in [-0.4, -0.2) is 19.1 Å². The van der Waals surface area contributed by atoms with Crippen LogP contribution in [-0.2, 0) is 5.41 Å². The van der Waals surface area contributed by atoms with Crippen molar-refractivity contribution >= 4 is 29.6 Å². The third kappa shape index (κ3) is 16.0. The van der Waals surface area contributed by atoms with Gasteiger partial charge >= 0.3 is 0 Å². The summed E-state index contributed by atoms with van der Waals surface area (Å²) in [5.41, 5.74) is 7.85. The van der Waals surface area contributed by atoms with Gasteiger partial charge in [-0.3, -0.25) is 0 Å². The fraction of sp³-hybridized carbons (Fsp3) is 0.771. The number of rotatable bonds is 18. The van der Waals surface area contributed by atoms with Crippen molar-refractivity contribution in [2.75, 3.05) is 19.1 Å². The molecule has 0 aliphatic rings. The second-order valence-electron chi connectivity index (χ2n) is 11.7. The molecule has 0 unspecified atom stereocenters. The molecule has 0 spiro atoms. The van der Waals surface area contributed by atoms with Gasteiger partial charge in [0.2, 0.25) is 0 Å². The van der Waals surface area contributed by atoms with E-state index in [1.165, 1.54) is 104 Å². The molecule has 1 rings (SSSR count). The van der Waals surface area contributed by atoms with Crippen molar-refractivity contribution in [3.8, 4) is 0 Å². The molecule has 1 nitrogen and oxygen atoms in total. The zero-order valence-corrected chi connectivity index (χ0v) is 29.4. The van der Waals surface area contributed by atoms with Crippen LogP contribution in [0.15, 0.2) is 28.0 Å². The number of hydrogen-bond acceptors (Lipinski definition) is 3. The molecule has 3 heteroatoms. The number of benzene rings is 1. The Balaban J connectivity index is 0. The van der Waals surface area contributed by atoms with Gasteiger partial charge in [0.25, 0.3) is 0 Å². The van der Waals surface area contributed by atoms with Gasteiger partial charge in [-0.2, -0.15) is 0 Å². The van der Waals surface area contributed by atoms with E-state index in [1.807, 2.05) is 25.6 Å². The van der Waals surface area contributed by atoms with E-state index in [1.54, 1.807) is 0 Å². The Bertz CT molecular complexity index is 719. The predicted octanol–water partition coefficient (Wildman–Crippen LogP) is 12.4. The average Bonchev–Trinajstić information content (AvgIpc) is 2.92. The van der Waals surface area contributed by atoms with E-state index in [9.17, 15) is 0 Å². The molecule has 0 atom stereocenters. The van der Waals surface area contributed by atoms with Gasteiger partial charge < -0.3 is 5.73 Å². The first-order chi connectivity index (χ1) is 18.1. The summed E-state index contributed by atoms with van der Waals surface area (Å²) in [4.78, 5) is 2.91. The van der Waals surface area contributed by atoms with Crippen LogP contribution in [0.4, 0.5) is 0 Å². The van der Waals surface area contributed by atoms with Crippen LogP contribution in [0.1, 0.15) is 151 Å². The van der Waals surface area contributed by atoms with E-state index in [-0.39, 0.29) is 10.8 Å². The number of allylic oxidation sites excluding steroid dienone is 1. The summed E-state index contributed by atoms with van der Waals surface area (Å²) in [5.74, 6) is 1.87. The van der Waals surface area contributed by atoms with Gasteiger partial charge in [-0.1, -0.05) is 139 Å². The van der Waals surface area contributed by atoms with Gasteiger partial charge in [0.1, 0.15) is 0 Å². The topological polar surface area (TPSA) is 26.0 Å². The first-order valence-corrected chi connectivity index (χ1v) is 17.9. The Labute approximate surface area is 249 Å². The van der Waals surface area contributed by atoms with Gasteiger partial charge in [-0.05, 0) is 71.9 Å². The Kier molecular flexibility index (Phi) is 24.4. The van der Waals surface area contributed by atoms with Crippen LogP contribution in [0.5, 0.6) is 0 Å². The first-order valence-electron chi connectivity index (χ1n) is 15.7. The van der Waals surface area contributed by atoms with Crippen molar-refractivity contribution < 1.29 is 0 Å². The highest BCUT2D eigenvalue weighted by atomic mass is 32.2. The molecular weight excluding hydrogens is 499 g/mol. The van der Waals surface area contributed by atoms with E-state index in [4.69, 9.17) is 0 Å². The zero-order valence-electron chi connectivity index (χ0n) is 27.8. The van der Waals surface area contributed by atoms with E-state index < -0.39 is 0 Å². The normalized spacial score (nSPS) is 11.8. The Morgan fingerprint density at radius 3 is 1.74 bits per heavy atom. The molecule has 38 heavy (non-hydrogen) atoms. The SMILES string of the molecule is CC.CCCCCCCCCCCCSc1cc(/C=C/C(C)(C)C(C)C)c(SC)cc1C(C)(C)CC.CN. The number of unbranched alkanes of at least 4 members (excludes halogenated alkanes) is 9. The van der Waals surface area contributed by atoms with Gasteiger partial charge in [0, 0.05) is 9.79 Å². The molecule has 1 aromatic carbocycles. The smallest absolute Gasteiger partial charge is 0.0145 e. The van der Waals surface area contributed by atoms with Crippen molar-refractivity contribution in [3.63, 3.8) is 0 Å². The molecule has 0 aromatic heterocycles. The van der Waals surface area contributed by atoms with Gasteiger partial charge in [-0.25, -0.2) is 0 Å². The van der Waals surface area contributed by atoms with Crippen LogP contribution >= 0.6 is 23.5 Å². The molecule has 0 saturated carbocycles. The molecule has 0 heterocycles. The summed E-state index contributed by atoms with van der Waals surface area (Å²) in [7, 11) is 1.50. The van der Waals surface area contributed by atoms with Crippen LogP contribution < -0.4 is 5.73 Å². The fourth-order valence-electron chi connectivity index (χ4n) is 3.99. The highest BCUT2D eigenvalue weighted by Gasteiger charge is 2.24. The lowest BCUT2D eigenvalue weighted by molar-refractivity contribution is 0.335. The molecule has 224 valence electrons. The van der Waals surface area contributed by atoms with Crippen LogP contribution in [0.25, 0.3) is 6.08 Å². The average molecular weight is 566 g/mol. The molecule has 1 aromatic rings. The minimum atomic E-state index is 0.209. The number of nitrogens with two attached hydrogens (primary N) is 1. The third-order valence-electron chi connectivity index (χ3n) is 7.88. The summed E-state index contributed by atoms with van der Waals surface area (Å²) in [6.07, 6.45) is 22.3. The highest BCUT2D eigenvalue weighted by Crippen LogP contribution is 2.40. The van der Waals surface area contributed by atoms with Crippen molar-refractivity contribution in [2.24, 2.45) is 17.1 Å². The predicted molar refractivity (Wildman–Crippen MR) is 183 cm³/mol. The molecule has 0 aliphatic heterocycles. The Morgan fingerprint density at radius 1 is 0.789 bits per heavy atom. The monoisotopic (exact) mass is 565 g/mol. The lowest BCUT2D eigenvalue weighted by Gasteiger charge is -2.28. The molecule has 0 saturated heterocycles. The van der Waals surface area contributed by atoms with E-state index in [0.717, 1.165) is 0 Å². The van der Waals surface area contributed by atoms with Crippen molar-refractivity contribution in [1.82, 2.24) is 0 Å². The van der Waals surface area contributed by atoms with Gasteiger partial charge in [0.05, 0.1) is 0 Å². The fourth-order valence-corrected chi connectivity index (χ4v) is 5.86. The largest absolute Gasteiger partial charge is 0.333 e. The van der Waals surface area contributed by atoms with E-state index in [0.29, 0.717) is 5.92 Å². The molecule has 2 N–H and O–H groups in total. The van der Waals surface area contributed by atoms with Crippen LogP contribution in [0, 0.1) is 11.3 Å². The quantitative estimate of drug-likeness (QED) is 0.142. The first kappa shape index (κ1) is 39.8. The molecule has 0 fully saturated rings.